The number of rotatable bonds is 7. The maximum Gasteiger partial charge on any atom is 0.338 e. The second kappa shape index (κ2) is 10.9. The number of fused-ring (bicyclic) bond motifs is 7. The van der Waals surface area contributed by atoms with Crippen molar-refractivity contribution in [2.24, 2.45) is 40.4 Å². The summed E-state index contributed by atoms with van der Waals surface area (Å²) in [5.41, 5.74) is 4.22. The summed E-state index contributed by atoms with van der Waals surface area (Å²) in [5, 5.41) is 2.96. The van der Waals surface area contributed by atoms with Crippen LogP contribution in [-0.4, -0.2) is 30.6 Å². The number of benzene rings is 1. The molecule has 1 heterocycles. The van der Waals surface area contributed by atoms with Crippen LogP contribution in [0.2, 0.25) is 0 Å². The Hall–Kier alpha value is -2.56. The first-order valence-corrected chi connectivity index (χ1v) is 16.2. The minimum absolute atomic E-state index is 0.0150. The summed E-state index contributed by atoms with van der Waals surface area (Å²) in [5.74, 6) is 4.21. The topological polar surface area (TPSA) is 64.6 Å². The molecule has 3 saturated carbocycles. The average molecular weight is 560 g/mol. The molecule has 1 aromatic carbocycles. The van der Waals surface area contributed by atoms with Crippen LogP contribution in [0.1, 0.15) is 103 Å². The summed E-state index contributed by atoms with van der Waals surface area (Å²) in [6.07, 6.45) is 12.8. The SMILES string of the molecule is CC(=O)NC[C@H](C)CCC1=C(C)[C@@H]2[C@H](C[C@@H]3[C@@H]4CC=C5C[C@H](OC(=O)c6ccccc6)CC[C@]5(C)[C@H]4CC[C@@]32C)O1. The fourth-order valence-electron chi connectivity index (χ4n) is 9.90. The van der Waals surface area contributed by atoms with Crippen LogP contribution in [-0.2, 0) is 14.3 Å². The minimum Gasteiger partial charge on any atom is -0.494 e. The van der Waals surface area contributed by atoms with Gasteiger partial charge in [-0.25, -0.2) is 4.79 Å². The first-order valence-electron chi connectivity index (χ1n) is 16.2. The molecule has 0 unspecified atom stereocenters. The number of esters is 1. The predicted molar refractivity (Wildman–Crippen MR) is 161 cm³/mol. The maximum atomic E-state index is 12.7. The monoisotopic (exact) mass is 559 g/mol. The van der Waals surface area contributed by atoms with Gasteiger partial charge in [0.1, 0.15) is 12.2 Å². The van der Waals surface area contributed by atoms with Gasteiger partial charge in [0.15, 0.2) is 0 Å². The molecule has 6 rings (SSSR count). The van der Waals surface area contributed by atoms with E-state index in [1.165, 1.54) is 30.6 Å². The zero-order valence-electron chi connectivity index (χ0n) is 25.7. The Kier molecular flexibility index (Phi) is 7.61. The molecule has 0 saturated heterocycles. The van der Waals surface area contributed by atoms with Crippen molar-refractivity contribution in [1.82, 2.24) is 5.32 Å². The highest BCUT2D eigenvalue weighted by Gasteiger charge is 2.63. The quantitative estimate of drug-likeness (QED) is 0.276. The highest BCUT2D eigenvalue weighted by Crippen LogP contribution is 2.69. The number of allylic oxidation sites excluding steroid dienone is 2. The summed E-state index contributed by atoms with van der Waals surface area (Å²) < 4.78 is 12.8. The molecule has 1 N–H and O–H groups in total. The molecule has 9 atom stereocenters. The third kappa shape index (κ3) is 5.06. The van der Waals surface area contributed by atoms with E-state index in [2.05, 4.69) is 39.1 Å². The number of amides is 1. The smallest absolute Gasteiger partial charge is 0.338 e. The number of carbonyl (C=O) groups excluding carboxylic acids is 2. The van der Waals surface area contributed by atoms with Gasteiger partial charge in [-0.3, -0.25) is 4.79 Å². The zero-order chi connectivity index (χ0) is 28.9. The Balaban J connectivity index is 1.12. The molecule has 5 aliphatic rings. The molecule has 1 amide bonds. The normalized spacial score (nSPS) is 38.0. The van der Waals surface area contributed by atoms with E-state index in [-0.39, 0.29) is 23.4 Å². The molecule has 41 heavy (non-hydrogen) atoms. The lowest BCUT2D eigenvalue weighted by atomic mass is 9.47. The number of hydrogen-bond acceptors (Lipinski definition) is 4. The third-order valence-corrected chi connectivity index (χ3v) is 12.1. The van der Waals surface area contributed by atoms with Crippen molar-refractivity contribution >= 4 is 11.9 Å². The largest absolute Gasteiger partial charge is 0.494 e. The van der Waals surface area contributed by atoms with Gasteiger partial charge in [0, 0.05) is 32.2 Å². The summed E-state index contributed by atoms with van der Waals surface area (Å²) >= 11 is 0. The van der Waals surface area contributed by atoms with E-state index in [0.717, 1.165) is 45.1 Å². The van der Waals surface area contributed by atoms with Crippen LogP contribution in [0, 0.1) is 40.4 Å². The van der Waals surface area contributed by atoms with Crippen molar-refractivity contribution in [3.63, 3.8) is 0 Å². The van der Waals surface area contributed by atoms with E-state index in [9.17, 15) is 9.59 Å². The predicted octanol–water partition coefficient (Wildman–Crippen LogP) is 7.63. The van der Waals surface area contributed by atoms with Gasteiger partial charge in [0.2, 0.25) is 5.91 Å². The first-order chi connectivity index (χ1) is 19.6. The van der Waals surface area contributed by atoms with Crippen molar-refractivity contribution in [2.75, 3.05) is 6.54 Å². The van der Waals surface area contributed by atoms with Gasteiger partial charge in [-0.05, 0) is 104 Å². The van der Waals surface area contributed by atoms with Gasteiger partial charge >= 0.3 is 5.97 Å². The maximum absolute atomic E-state index is 12.7. The first kappa shape index (κ1) is 28.6. The van der Waals surface area contributed by atoms with Crippen molar-refractivity contribution < 1.29 is 19.1 Å². The second-order valence-corrected chi connectivity index (χ2v) is 14.5. The van der Waals surface area contributed by atoms with Crippen molar-refractivity contribution in [1.29, 1.82) is 0 Å². The highest BCUT2D eigenvalue weighted by atomic mass is 16.5. The van der Waals surface area contributed by atoms with Gasteiger partial charge in [-0.1, -0.05) is 50.6 Å². The molecule has 5 nitrogen and oxygen atoms in total. The van der Waals surface area contributed by atoms with Gasteiger partial charge in [0.05, 0.1) is 11.3 Å². The molecule has 0 bridgehead atoms. The Morgan fingerprint density at radius 1 is 1.12 bits per heavy atom. The lowest BCUT2D eigenvalue weighted by Crippen LogP contribution is -2.50. The molecule has 1 aromatic rings. The Morgan fingerprint density at radius 2 is 1.90 bits per heavy atom. The summed E-state index contributed by atoms with van der Waals surface area (Å²) in [7, 11) is 0. The second-order valence-electron chi connectivity index (χ2n) is 14.5. The average Bonchev–Trinajstić information content (AvgIpc) is 3.44. The van der Waals surface area contributed by atoms with E-state index in [1.54, 1.807) is 12.5 Å². The van der Waals surface area contributed by atoms with E-state index in [4.69, 9.17) is 9.47 Å². The van der Waals surface area contributed by atoms with Crippen LogP contribution in [0.3, 0.4) is 0 Å². The number of nitrogens with one attached hydrogen (secondary N) is 1. The zero-order valence-corrected chi connectivity index (χ0v) is 25.7. The van der Waals surface area contributed by atoms with Gasteiger partial charge < -0.3 is 14.8 Å². The van der Waals surface area contributed by atoms with Gasteiger partial charge in [-0.15, -0.1) is 0 Å². The number of ether oxygens (including phenoxy) is 2. The van der Waals surface area contributed by atoms with E-state index in [1.807, 2.05) is 30.3 Å². The molecule has 1 aliphatic heterocycles. The number of hydrogen-bond donors (Lipinski definition) is 1. The fourth-order valence-corrected chi connectivity index (χ4v) is 9.90. The summed E-state index contributed by atoms with van der Waals surface area (Å²) in [4.78, 5) is 24.0. The Morgan fingerprint density at radius 3 is 2.66 bits per heavy atom. The van der Waals surface area contributed by atoms with Gasteiger partial charge in [-0.2, -0.15) is 0 Å². The molecule has 4 aliphatic carbocycles. The van der Waals surface area contributed by atoms with Crippen LogP contribution >= 0.6 is 0 Å². The molecule has 0 radical (unpaired) electrons. The number of carbonyl (C=O) groups is 2. The molecule has 3 fully saturated rings. The van der Waals surface area contributed by atoms with Gasteiger partial charge in [0.25, 0.3) is 0 Å². The van der Waals surface area contributed by atoms with Crippen LogP contribution in [0.4, 0.5) is 0 Å². The molecular weight excluding hydrogens is 510 g/mol. The molecular formula is C36H49NO4. The van der Waals surface area contributed by atoms with Crippen LogP contribution in [0.25, 0.3) is 0 Å². The van der Waals surface area contributed by atoms with Crippen LogP contribution < -0.4 is 5.32 Å². The Labute approximate surface area is 246 Å². The molecule has 222 valence electrons. The minimum atomic E-state index is -0.190. The molecule has 0 aromatic heterocycles. The van der Waals surface area contributed by atoms with Crippen molar-refractivity contribution in [3.8, 4) is 0 Å². The van der Waals surface area contributed by atoms with E-state index in [0.29, 0.717) is 46.7 Å². The fraction of sp³-hybridized carbons (Fsp3) is 0.667. The third-order valence-electron chi connectivity index (χ3n) is 12.1. The summed E-state index contributed by atoms with van der Waals surface area (Å²) in [6.45, 7) is 12.0. The van der Waals surface area contributed by atoms with Crippen molar-refractivity contribution in [3.05, 3.63) is 58.9 Å². The van der Waals surface area contributed by atoms with Crippen LogP contribution in [0.15, 0.2) is 53.3 Å². The Bertz CT molecular complexity index is 1240. The summed E-state index contributed by atoms with van der Waals surface area (Å²) in [6, 6.07) is 9.40. The highest BCUT2D eigenvalue weighted by molar-refractivity contribution is 5.89. The van der Waals surface area contributed by atoms with E-state index >= 15 is 0 Å². The van der Waals surface area contributed by atoms with E-state index < -0.39 is 0 Å². The van der Waals surface area contributed by atoms with Crippen molar-refractivity contribution in [2.45, 2.75) is 105 Å². The lowest BCUT2D eigenvalue weighted by Gasteiger charge is -2.58. The molecule has 5 heteroatoms. The standard InChI is InChI=1S/C36H49NO4/c1-22(21-37-24(3)38)11-14-31-23(2)33-32(41-31)20-30-28-13-12-26-19-27(40-34(39)25-9-7-6-8-10-25)15-17-35(26,4)29(28)16-18-36(30,33)5/h6-10,12,22,27-30,32-33H,11,13-21H2,1-5H3,(H,37,38)/t22-,27-,28-,29+,30-,32+,33-,35+,36+/m1/s1. The lowest BCUT2D eigenvalue weighted by molar-refractivity contribution is -0.119. The molecule has 0 spiro atoms. The van der Waals surface area contributed by atoms with Crippen LogP contribution in [0.5, 0.6) is 0 Å².